The first-order valence-electron chi connectivity index (χ1n) is 5.80. The molecule has 0 fully saturated rings. The van der Waals surface area contributed by atoms with Crippen LogP contribution in [0.4, 0.5) is 0 Å². The van der Waals surface area contributed by atoms with E-state index in [2.05, 4.69) is 19.8 Å². The number of nitrogens with zero attached hydrogens (tertiary/aromatic N) is 4. The lowest BCUT2D eigenvalue weighted by Crippen LogP contribution is -2.05. The zero-order chi connectivity index (χ0) is 13.8. The molecule has 0 spiro atoms. The number of carbonyl (C=O) groups excluding carboxylic acids is 1. The summed E-state index contributed by atoms with van der Waals surface area (Å²) >= 11 is 0. The fraction of sp³-hybridized carbons (Fsp3) is 0.333. The van der Waals surface area contributed by atoms with Gasteiger partial charge in [-0.15, -0.1) is 5.10 Å². The summed E-state index contributed by atoms with van der Waals surface area (Å²) in [5.74, 6) is -0.607. The molecule has 1 atom stereocenters. The minimum absolute atomic E-state index is 0.0137. The predicted molar refractivity (Wildman–Crippen MR) is 65.7 cm³/mol. The quantitative estimate of drug-likeness (QED) is 0.823. The van der Waals surface area contributed by atoms with Crippen LogP contribution in [0.1, 0.15) is 35.8 Å². The molecule has 0 bridgehead atoms. The third kappa shape index (κ3) is 2.76. The summed E-state index contributed by atoms with van der Waals surface area (Å²) in [5.41, 5.74) is 1.24. The predicted octanol–water partition coefficient (Wildman–Crippen LogP) is 0.892. The number of hydrogen-bond acceptors (Lipinski definition) is 6. The Kier molecular flexibility index (Phi) is 3.86. The molecular weight excluding hydrogens is 248 g/mol. The summed E-state index contributed by atoms with van der Waals surface area (Å²) < 4.78 is 5.94. The lowest BCUT2D eigenvalue weighted by Gasteiger charge is -2.07. The number of aliphatic hydroxyl groups is 1. The van der Waals surface area contributed by atoms with Crippen LogP contribution in [0, 0.1) is 0 Å². The Bertz CT molecular complexity index is 565. The van der Waals surface area contributed by atoms with Gasteiger partial charge in [0.1, 0.15) is 6.33 Å². The molecule has 0 radical (unpaired) electrons. The van der Waals surface area contributed by atoms with Gasteiger partial charge in [-0.1, -0.05) is 6.92 Å². The minimum atomic E-state index is -0.593. The topological polar surface area (TPSA) is 90.1 Å². The summed E-state index contributed by atoms with van der Waals surface area (Å²) in [5, 5.41) is 13.6. The molecule has 19 heavy (non-hydrogen) atoms. The summed E-state index contributed by atoms with van der Waals surface area (Å²) in [6, 6.07) is 3.46. The Hall–Kier alpha value is -2.28. The van der Waals surface area contributed by atoms with Crippen LogP contribution in [-0.4, -0.2) is 37.9 Å². The minimum Gasteiger partial charge on any atom is -0.463 e. The number of pyridine rings is 1. The Morgan fingerprint density at radius 3 is 2.84 bits per heavy atom. The molecule has 0 aliphatic heterocycles. The van der Waals surface area contributed by atoms with Crippen molar-refractivity contribution < 1.29 is 14.6 Å². The van der Waals surface area contributed by atoms with Gasteiger partial charge in [-0.25, -0.2) is 14.5 Å². The molecule has 0 aliphatic rings. The zero-order valence-electron chi connectivity index (χ0n) is 10.6. The molecule has 7 heteroatoms. The number of hydrogen-bond donors (Lipinski definition) is 1. The highest BCUT2D eigenvalue weighted by Crippen LogP contribution is 2.14. The first-order chi connectivity index (χ1) is 9.15. The van der Waals surface area contributed by atoms with E-state index in [4.69, 9.17) is 0 Å². The monoisotopic (exact) mass is 262 g/mol. The number of esters is 1. The van der Waals surface area contributed by atoms with Crippen molar-refractivity contribution in [3.63, 3.8) is 0 Å². The van der Waals surface area contributed by atoms with Crippen molar-refractivity contribution in [2.24, 2.45) is 0 Å². The first kappa shape index (κ1) is 13.2. The van der Waals surface area contributed by atoms with E-state index in [0.717, 1.165) is 0 Å². The molecule has 2 rings (SSSR count). The summed E-state index contributed by atoms with van der Waals surface area (Å²) in [7, 11) is 1.27. The van der Waals surface area contributed by atoms with Gasteiger partial charge in [-0.05, 0) is 18.6 Å². The van der Waals surface area contributed by atoms with Crippen molar-refractivity contribution in [2.45, 2.75) is 19.4 Å². The second-order valence-corrected chi connectivity index (χ2v) is 3.87. The molecule has 2 aromatic rings. The van der Waals surface area contributed by atoms with Crippen LogP contribution < -0.4 is 0 Å². The van der Waals surface area contributed by atoms with Crippen molar-refractivity contribution in [1.29, 1.82) is 0 Å². The number of ether oxygens (including phenoxy) is 1. The highest BCUT2D eigenvalue weighted by atomic mass is 16.5. The fourth-order valence-corrected chi connectivity index (χ4v) is 1.51. The summed E-state index contributed by atoms with van der Waals surface area (Å²) in [6.45, 7) is 1.88. The van der Waals surface area contributed by atoms with Crippen molar-refractivity contribution >= 4 is 5.97 Å². The van der Waals surface area contributed by atoms with Crippen LogP contribution in [-0.2, 0) is 4.74 Å². The van der Waals surface area contributed by atoms with E-state index < -0.39 is 12.1 Å². The van der Waals surface area contributed by atoms with Crippen LogP contribution in [0.5, 0.6) is 0 Å². The van der Waals surface area contributed by atoms with Gasteiger partial charge in [0.05, 0.1) is 30.8 Å². The molecule has 2 heterocycles. The number of rotatable bonds is 4. The van der Waals surface area contributed by atoms with Gasteiger partial charge in [-0.2, -0.15) is 0 Å². The van der Waals surface area contributed by atoms with E-state index in [0.29, 0.717) is 17.8 Å². The lowest BCUT2D eigenvalue weighted by atomic mass is 10.2. The van der Waals surface area contributed by atoms with Crippen LogP contribution >= 0.6 is 0 Å². The van der Waals surface area contributed by atoms with Gasteiger partial charge >= 0.3 is 5.97 Å². The van der Waals surface area contributed by atoms with Crippen molar-refractivity contribution in [2.75, 3.05) is 7.11 Å². The van der Waals surface area contributed by atoms with Crippen LogP contribution in [0.3, 0.4) is 0 Å². The number of methoxy groups -OCH3 is 1. The van der Waals surface area contributed by atoms with Gasteiger partial charge in [0.2, 0.25) is 0 Å². The van der Waals surface area contributed by atoms with Gasteiger partial charge in [0.25, 0.3) is 5.82 Å². The maximum atomic E-state index is 11.2. The number of carbonyl (C=O) groups is 1. The van der Waals surface area contributed by atoms with E-state index in [-0.39, 0.29) is 5.82 Å². The smallest absolute Gasteiger partial charge is 0.377 e. The molecule has 0 saturated heterocycles. The maximum Gasteiger partial charge on any atom is 0.377 e. The first-order valence-corrected chi connectivity index (χ1v) is 5.80. The average molecular weight is 262 g/mol. The summed E-state index contributed by atoms with van der Waals surface area (Å²) in [6.07, 6.45) is 2.99. The fourth-order valence-electron chi connectivity index (χ4n) is 1.51. The molecule has 7 nitrogen and oxygen atoms in total. The second kappa shape index (κ2) is 5.57. The number of aromatic nitrogens is 4. The van der Waals surface area contributed by atoms with Crippen LogP contribution in [0.25, 0.3) is 5.69 Å². The van der Waals surface area contributed by atoms with Gasteiger partial charge in [-0.3, -0.25) is 4.98 Å². The van der Waals surface area contributed by atoms with Crippen molar-refractivity contribution in [1.82, 2.24) is 19.7 Å². The molecule has 0 unspecified atom stereocenters. The van der Waals surface area contributed by atoms with E-state index >= 15 is 0 Å². The standard InChI is InChI=1S/C12H14N4O3/c1-3-10(17)9-5-4-8(6-13-9)16-7-14-11(15-16)12(18)19-2/h4-7,10,17H,3H2,1-2H3/t10-/m1/s1. The molecule has 0 saturated carbocycles. The lowest BCUT2D eigenvalue weighted by molar-refractivity contribution is 0.0587. The highest BCUT2D eigenvalue weighted by Gasteiger charge is 2.12. The van der Waals surface area contributed by atoms with E-state index in [9.17, 15) is 9.90 Å². The largest absolute Gasteiger partial charge is 0.463 e. The van der Waals surface area contributed by atoms with Gasteiger partial charge in [0, 0.05) is 0 Å². The van der Waals surface area contributed by atoms with E-state index in [1.54, 1.807) is 18.3 Å². The summed E-state index contributed by atoms with van der Waals surface area (Å²) in [4.78, 5) is 19.2. The third-order valence-electron chi connectivity index (χ3n) is 2.62. The second-order valence-electron chi connectivity index (χ2n) is 3.87. The maximum absolute atomic E-state index is 11.2. The molecule has 100 valence electrons. The molecule has 0 aliphatic carbocycles. The van der Waals surface area contributed by atoms with E-state index in [1.165, 1.54) is 18.1 Å². The zero-order valence-corrected chi connectivity index (χ0v) is 10.6. The molecule has 0 aromatic carbocycles. The average Bonchev–Trinajstić information content (AvgIpc) is 2.95. The van der Waals surface area contributed by atoms with Crippen LogP contribution in [0.2, 0.25) is 0 Å². The highest BCUT2D eigenvalue weighted by molar-refractivity contribution is 5.84. The molecule has 2 aromatic heterocycles. The van der Waals surface area contributed by atoms with Crippen LogP contribution in [0.15, 0.2) is 24.7 Å². The van der Waals surface area contributed by atoms with Crippen molar-refractivity contribution in [3.8, 4) is 5.69 Å². The van der Waals surface area contributed by atoms with E-state index in [1.807, 2.05) is 6.92 Å². The normalized spacial score (nSPS) is 12.2. The van der Waals surface area contributed by atoms with Crippen molar-refractivity contribution in [3.05, 3.63) is 36.2 Å². The number of aliphatic hydroxyl groups excluding tert-OH is 1. The molecular formula is C12H14N4O3. The Labute approximate surface area is 109 Å². The Balaban J connectivity index is 2.22. The Morgan fingerprint density at radius 2 is 2.26 bits per heavy atom. The SMILES string of the molecule is CC[C@@H](O)c1ccc(-n2cnc(C(=O)OC)n2)cn1. The third-order valence-corrected chi connectivity index (χ3v) is 2.62. The van der Waals surface area contributed by atoms with Gasteiger partial charge < -0.3 is 9.84 Å². The van der Waals surface area contributed by atoms with Gasteiger partial charge in [0.15, 0.2) is 0 Å². The molecule has 1 N–H and O–H groups in total. The Morgan fingerprint density at radius 1 is 1.47 bits per heavy atom. The molecule has 0 amide bonds.